The van der Waals surface area contributed by atoms with E-state index >= 15 is 0 Å². The van der Waals surface area contributed by atoms with Crippen molar-refractivity contribution in [2.45, 2.75) is 142 Å². The van der Waals surface area contributed by atoms with E-state index in [4.69, 9.17) is 4.74 Å². The minimum Gasteiger partial charge on any atom is -0.423 e. The van der Waals surface area contributed by atoms with Crippen LogP contribution in [0.2, 0.25) is 0 Å². The monoisotopic (exact) mass is 658 g/mol. The second-order valence-electron chi connectivity index (χ2n) is 13.1. The van der Waals surface area contributed by atoms with Gasteiger partial charge in [0.15, 0.2) is 17.5 Å². The number of carbonyl (C=O) groups is 1. The van der Waals surface area contributed by atoms with E-state index in [1.54, 1.807) is 24.3 Å². The van der Waals surface area contributed by atoms with Crippen molar-refractivity contribution in [3.05, 3.63) is 77.1 Å². The first-order chi connectivity index (χ1) is 23.5. The van der Waals surface area contributed by atoms with E-state index in [9.17, 15) is 13.6 Å². The lowest BCUT2D eigenvalue weighted by atomic mass is 9.96. The van der Waals surface area contributed by atoms with Crippen LogP contribution in [0.5, 0.6) is 5.75 Å². The Morgan fingerprint density at radius 1 is 0.750 bits per heavy atom. The first kappa shape index (κ1) is 37.1. The third-order valence-electron chi connectivity index (χ3n) is 9.13. The van der Waals surface area contributed by atoms with Gasteiger partial charge in [-0.15, -0.1) is 0 Å². The average Bonchev–Trinajstić information content (AvgIpc) is 3.12. The predicted octanol–water partition coefficient (Wildman–Crippen LogP) is 10.9. The Balaban J connectivity index is 0.000000287. The lowest BCUT2D eigenvalue weighted by Crippen LogP contribution is -2.12. The molecule has 0 amide bonds. The van der Waals surface area contributed by atoms with E-state index in [1.165, 1.54) is 102 Å². The van der Waals surface area contributed by atoms with Crippen LogP contribution in [0.25, 0.3) is 11.4 Å². The van der Waals surface area contributed by atoms with E-state index in [2.05, 4.69) is 32.9 Å². The zero-order valence-corrected chi connectivity index (χ0v) is 28.9. The average molecular weight is 659 g/mol. The number of hydrogen-bond donors (Lipinski definition) is 0. The third kappa shape index (κ3) is 12.0. The van der Waals surface area contributed by atoms with Crippen molar-refractivity contribution in [2.24, 2.45) is 9.98 Å². The van der Waals surface area contributed by atoms with E-state index in [0.29, 0.717) is 30.7 Å². The molecule has 0 N–H and O–H groups in total. The van der Waals surface area contributed by atoms with E-state index in [1.807, 2.05) is 19.3 Å². The molecule has 2 aliphatic rings. The molecule has 0 spiro atoms. The Bertz CT molecular complexity index is 1440. The topological polar surface area (TPSA) is 76.8 Å². The van der Waals surface area contributed by atoms with Crippen LogP contribution in [-0.4, -0.2) is 34.0 Å². The summed E-state index contributed by atoms with van der Waals surface area (Å²) in [7, 11) is 0. The summed E-state index contributed by atoms with van der Waals surface area (Å²) in [5.74, 6) is -2.32. The maximum Gasteiger partial charge on any atom is 0.346 e. The number of ether oxygens (including phenoxy) is 1. The van der Waals surface area contributed by atoms with Crippen molar-refractivity contribution in [1.82, 2.24) is 9.97 Å². The molecule has 0 saturated heterocycles. The summed E-state index contributed by atoms with van der Waals surface area (Å²) < 4.78 is 33.7. The molecule has 2 saturated carbocycles. The Kier molecular flexibility index (Phi) is 15.9. The van der Waals surface area contributed by atoms with Crippen LogP contribution >= 0.6 is 0 Å². The quantitative estimate of drug-likeness (QED) is 0.0792. The first-order valence-electron chi connectivity index (χ1n) is 18.2. The number of aryl methyl sites for hydroxylation is 2. The third-order valence-corrected chi connectivity index (χ3v) is 9.13. The second-order valence-corrected chi connectivity index (χ2v) is 13.1. The van der Waals surface area contributed by atoms with Gasteiger partial charge in [-0.05, 0) is 86.4 Å². The largest absolute Gasteiger partial charge is 0.423 e. The summed E-state index contributed by atoms with van der Waals surface area (Å²) in [4.78, 5) is 30.1. The van der Waals surface area contributed by atoms with Gasteiger partial charge in [-0.3, -0.25) is 0 Å². The van der Waals surface area contributed by atoms with Gasteiger partial charge < -0.3 is 4.74 Å². The Labute approximate surface area is 285 Å². The van der Waals surface area contributed by atoms with Crippen LogP contribution in [0.1, 0.15) is 138 Å². The van der Waals surface area contributed by atoms with Gasteiger partial charge in [0.2, 0.25) is 0 Å². The summed E-state index contributed by atoms with van der Waals surface area (Å²) in [6.07, 6.45) is 25.1. The molecular formula is C40H52F2N4O2. The lowest BCUT2D eigenvalue weighted by Gasteiger charge is -2.17. The van der Waals surface area contributed by atoms with Gasteiger partial charge in [0, 0.05) is 18.0 Å². The maximum absolute atomic E-state index is 14.3. The van der Waals surface area contributed by atoms with Crippen molar-refractivity contribution in [3.8, 4) is 17.1 Å². The molecule has 2 aliphatic carbocycles. The molecule has 48 heavy (non-hydrogen) atoms. The van der Waals surface area contributed by atoms with Gasteiger partial charge >= 0.3 is 5.97 Å². The number of aliphatic imine (C=N–C) groups is 2. The number of aromatic nitrogens is 2. The minimum absolute atomic E-state index is 0.227. The molecule has 6 nitrogen and oxygen atoms in total. The number of unbranched alkanes of at least 4 members (excludes halogenated alkanes) is 4. The Hall–Kier alpha value is -3.77. The molecule has 2 fully saturated rings. The van der Waals surface area contributed by atoms with Crippen molar-refractivity contribution in [1.29, 1.82) is 0 Å². The smallest absolute Gasteiger partial charge is 0.346 e. The highest BCUT2D eigenvalue weighted by atomic mass is 19.2. The van der Waals surface area contributed by atoms with E-state index in [0.717, 1.165) is 24.0 Å². The minimum atomic E-state index is -1.18. The van der Waals surface area contributed by atoms with Crippen molar-refractivity contribution < 1.29 is 18.3 Å². The van der Waals surface area contributed by atoms with Crippen LogP contribution in [-0.2, 0) is 12.8 Å². The highest BCUT2D eigenvalue weighted by molar-refractivity contribution is 5.91. The molecule has 0 aliphatic heterocycles. The molecule has 0 radical (unpaired) electrons. The van der Waals surface area contributed by atoms with Crippen LogP contribution in [0.3, 0.4) is 0 Å². The molecule has 0 atom stereocenters. The van der Waals surface area contributed by atoms with Crippen molar-refractivity contribution in [3.63, 3.8) is 0 Å². The SMILES string of the molecule is C(=NC1CCCCC1)=NC1CCCCC1.CCCCCCCc1cnc(-c2ccc(OC(=O)c3ccc(CCC)c(F)c3F)cc2)nc1. The van der Waals surface area contributed by atoms with Crippen molar-refractivity contribution >= 4 is 12.0 Å². The zero-order chi connectivity index (χ0) is 34.0. The Morgan fingerprint density at radius 2 is 1.35 bits per heavy atom. The summed E-state index contributed by atoms with van der Waals surface area (Å²) in [6.45, 7) is 4.08. The molecule has 1 aromatic heterocycles. The second kappa shape index (κ2) is 20.6. The Morgan fingerprint density at radius 3 is 1.94 bits per heavy atom. The molecule has 2 aromatic carbocycles. The molecule has 5 rings (SSSR count). The first-order valence-corrected chi connectivity index (χ1v) is 18.2. The van der Waals surface area contributed by atoms with Gasteiger partial charge in [-0.1, -0.05) is 90.5 Å². The fourth-order valence-corrected chi connectivity index (χ4v) is 6.23. The zero-order valence-electron chi connectivity index (χ0n) is 28.9. The predicted molar refractivity (Wildman–Crippen MR) is 189 cm³/mol. The molecule has 1 heterocycles. The van der Waals surface area contributed by atoms with Crippen LogP contribution in [0.4, 0.5) is 8.78 Å². The molecule has 258 valence electrons. The highest BCUT2D eigenvalue weighted by Crippen LogP contribution is 2.24. The van der Waals surface area contributed by atoms with Crippen LogP contribution in [0.15, 0.2) is 58.8 Å². The summed E-state index contributed by atoms with van der Waals surface area (Å²) in [5, 5.41) is 0. The normalized spacial score (nSPS) is 15.2. The fourth-order valence-electron chi connectivity index (χ4n) is 6.23. The van der Waals surface area contributed by atoms with Gasteiger partial charge in [0.05, 0.1) is 23.7 Å². The highest BCUT2D eigenvalue weighted by Gasteiger charge is 2.20. The standard InChI is InChI=1S/C27H30F2N2O2.C13H22N2/c1-3-5-6-7-8-10-19-17-30-26(31-18-19)21-11-14-22(15-12-21)33-27(32)23-16-13-20(9-4-2)24(28)25(23)29;1-3-7-12(8-4-1)14-11-15-13-9-5-2-6-10-13/h11-18H,3-10H2,1-2H3;12-13H,1-10H2. The molecule has 8 heteroatoms. The number of carbonyl (C=O) groups excluding carboxylic acids is 1. The summed E-state index contributed by atoms with van der Waals surface area (Å²) in [6, 6.07) is 13.3. The molecule has 0 bridgehead atoms. The maximum atomic E-state index is 14.3. The number of rotatable bonds is 13. The van der Waals surface area contributed by atoms with Gasteiger partial charge in [-0.2, -0.15) is 0 Å². The number of nitrogens with zero attached hydrogens (tertiary/aromatic N) is 4. The summed E-state index contributed by atoms with van der Waals surface area (Å²) in [5.41, 5.74) is 1.70. The van der Waals surface area contributed by atoms with E-state index < -0.39 is 23.2 Å². The van der Waals surface area contributed by atoms with Crippen LogP contribution < -0.4 is 4.74 Å². The number of benzene rings is 2. The van der Waals surface area contributed by atoms with Crippen LogP contribution in [0, 0.1) is 11.6 Å². The van der Waals surface area contributed by atoms with Gasteiger partial charge in [0.25, 0.3) is 0 Å². The number of halogens is 2. The number of esters is 1. The molecular weight excluding hydrogens is 606 g/mol. The van der Waals surface area contributed by atoms with E-state index in [-0.39, 0.29) is 11.3 Å². The molecule has 0 unspecified atom stereocenters. The fraction of sp³-hybridized carbons (Fsp3) is 0.550. The van der Waals surface area contributed by atoms with Crippen molar-refractivity contribution in [2.75, 3.05) is 0 Å². The molecule has 3 aromatic rings. The van der Waals surface area contributed by atoms with Gasteiger partial charge in [-0.25, -0.2) is 33.5 Å². The van der Waals surface area contributed by atoms with Gasteiger partial charge in [0.1, 0.15) is 5.75 Å². The lowest BCUT2D eigenvalue weighted by molar-refractivity contribution is 0.0728. The number of hydrogen-bond acceptors (Lipinski definition) is 6. The summed E-state index contributed by atoms with van der Waals surface area (Å²) >= 11 is 0.